The molecule has 0 bridgehead atoms. The van der Waals surface area contributed by atoms with E-state index in [0.717, 1.165) is 0 Å². The van der Waals surface area contributed by atoms with Crippen molar-refractivity contribution in [3.05, 3.63) is 35.9 Å². The van der Waals surface area contributed by atoms with Crippen molar-refractivity contribution in [1.29, 1.82) is 0 Å². The Morgan fingerprint density at radius 2 is 1.95 bits per heavy atom. The lowest BCUT2D eigenvalue weighted by molar-refractivity contribution is -0.257. The molecule has 122 valence electrons. The van der Waals surface area contributed by atoms with E-state index in [1.807, 2.05) is 32.0 Å². The van der Waals surface area contributed by atoms with Crippen LogP contribution in [0.3, 0.4) is 0 Å². The molecule has 0 amide bonds. The smallest absolute Gasteiger partial charge is 0.172 e. The summed E-state index contributed by atoms with van der Waals surface area (Å²) in [4.78, 5) is 12.5. The molecule has 0 radical (unpaired) electrons. The van der Waals surface area contributed by atoms with Crippen LogP contribution in [-0.2, 0) is 19.0 Å². The molecule has 3 atom stereocenters. The van der Waals surface area contributed by atoms with E-state index >= 15 is 0 Å². The summed E-state index contributed by atoms with van der Waals surface area (Å²) >= 11 is 0. The highest BCUT2D eigenvalue weighted by Crippen LogP contribution is 2.28. The molecule has 1 aromatic rings. The first-order valence-corrected chi connectivity index (χ1v) is 7.60. The monoisotopic (exact) mass is 308 g/mol. The third-order valence-electron chi connectivity index (χ3n) is 3.51. The zero-order chi connectivity index (χ0) is 16.2. The zero-order valence-electron chi connectivity index (χ0n) is 13.3. The molecule has 22 heavy (non-hydrogen) atoms. The van der Waals surface area contributed by atoms with Crippen molar-refractivity contribution < 1.29 is 24.1 Å². The fourth-order valence-electron chi connectivity index (χ4n) is 2.66. The molecule has 0 aliphatic carbocycles. The van der Waals surface area contributed by atoms with Gasteiger partial charge in [-0.3, -0.25) is 4.79 Å². The molecule has 1 aliphatic rings. The maximum atomic E-state index is 12.5. The molecule has 0 saturated carbocycles. The minimum atomic E-state index is -0.991. The van der Waals surface area contributed by atoms with E-state index in [4.69, 9.17) is 14.2 Å². The minimum Gasteiger partial charge on any atom is -0.385 e. The van der Waals surface area contributed by atoms with Crippen LogP contribution in [0.5, 0.6) is 0 Å². The summed E-state index contributed by atoms with van der Waals surface area (Å²) < 4.78 is 16.9. The van der Waals surface area contributed by atoms with Crippen molar-refractivity contribution in [2.24, 2.45) is 0 Å². The summed E-state index contributed by atoms with van der Waals surface area (Å²) in [6.45, 7) is 6.09. The lowest BCUT2D eigenvalue weighted by atomic mass is 9.97. The van der Waals surface area contributed by atoms with Crippen LogP contribution in [-0.4, -0.2) is 42.1 Å². The number of hydrogen-bond acceptors (Lipinski definition) is 5. The third-order valence-corrected chi connectivity index (χ3v) is 3.51. The molecular weight excluding hydrogens is 284 g/mol. The van der Waals surface area contributed by atoms with Gasteiger partial charge in [0.15, 0.2) is 11.6 Å². The number of carbonyl (C=O) groups is 1. The number of carbonyl (C=O) groups excluding carboxylic acids is 1. The van der Waals surface area contributed by atoms with Gasteiger partial charge in [0, 0.05) is 0 Å². The van der Waals surface area contributed by atoms with E-state index < -0.39 is 18.0 Å². The molecule has 0 aromatic heterocycles. The topological polar surface area (TPSA) is 65.0 Å². The van der Waals surface area contributed by atoms with Gasteiger partial charge in [-0.25, -0.2) is 0 Å². The van der Waals surface area contributed by atoms with E-state index in [1.165, 1.54) is 0 Å². The van der Waals surface area contributed by atoms with Crippen molar-refractivity contribution in [1.82, 2.24) is 0 Å². The Morgan fingerprint density at radius 1 is 1.27 bits per heavy atom. The summed E-state index contributed by atoms with van der Waals surface area (Å²) in [7, 11) is 0. The highest BCUT2D eigenvalue weighted by atomic mass is 16.7. The van der Waals surface area contributed by atoms with Gasteiger partial charge in [0.2, 0.25) is 0 Å². The summed E-state index contributed by atoms with van der Waals surface area (Å²) in [5, 5.41) is 10.5. The largest absolute Gasteiger partial charge is 0.385 e. The van der Waals surface area contributed by atoms with Gasteiger partial charge in [0.25, 0.3) is 0 Å². The average molecular weight is 308 g/mol. The maximum absolute atomic E-state index is 12.5. The second-order valence-electron chi connectivity index (χ2n) is 5.94. The van der Waals surface area contributed by atoms with E-state index in [2.05, 4.69) is 0 Å². The number of Topliss-reactive ketones (excluding diaryl/α,β-unsaturated/α-hetero) is 1. The second-order valence-corrected chi connectivity index (χ2v) is 5.94. The van der Waals surface area contributed by atoms with Gasteiger partial charge in [-0.05, 0) is 26.3 Å². The molecule has 1 unspecified atom stereocenters. The van der Waals surface area contributed by atoms with Gasteiger partial charge < -0.3 is 19.3 Å². The minimum absolute atomic E-state index is 0.0414. The van der Waals surface area contributed by atoms with Crippen LogP contribution in [0.4, 0.5) is 0 Å². The Hall–Kier alpha value is -1.27. The van der Waals surface area contributed by atoms with E-state index in [-0.39, 0.29) is 24.9 Å². The second kappa shape index (κ2) is 7.33. The standard InChI is InChI=1S/C17H24O5/c1-12(2)22-17(3)11-14(18)16(20-9-10-21-17)15(19)13-7-5-4-6-8-13/h4-8,12,15-16,19H,9-11H2,1-3H3/t15-,16-,17?/m1/s1. The van der Waals surface area contributed by atoms with Crippen molar-refractivity contribution in [2.75, 3.05) is 13.2 Å². The number of aliphatic hydroxyl groups is 1. The predicted octanol–water partition coefficient (Wildman–Crippen LogP) is 2.24. The molecule has 1 aliphatic heterocycles. The first-order valence-electron chi connectivity index (χ1n) is 7.60. The van der Waals surface area contributed by atoms with Crippen LogP contribution in [0.15, 0.2) is 30.3 Å². The SMILES string of the molecule is CC(C)OC1(C)CC(=O)[C@H]([C@H](O)c2ccccc2)OCCO1. The van der Waals surface area contributed by atoms with Gasteiger partial charge in [-0.2, -0.15) is 0 Å². The van der Waals surface area contributed by atoms with Crippen molar-refractivity contribution >= 4 is 5.78 Å². The fraction of sp³-hybridized carbons (Fsp3) is 0.588. The van der Waals surface area contributed by atoms with Crippen LogP contribution in [0.2, 0.25) is 0 Å². The number of rotatable bonds is 4. The van der Waals surface area contributed by atoms with Crippen LogP contribution in [0, 0.1) is 0 Å². The zero-order valence-corrected chi connectivity index (χ0v) is 13.3. The number of aliphatic hydroxyl groups excluding tert-OH is 1. The number of hydrogen-bond donors (Lipinski definition) is 1. The maximum Gasteiger partial charge on any atom is 0.172 e. The Balaban J connectivity index is 2.14. The first kappa shape index (κ1) is 17.1. The number of ether oxygens (including phenoxy) is 3. The van der Waals surface area contributed by atoms with Crippen LogP contribution < -0.4 is 0 Å². The van der Waals surface area contributed by atoms with Crippen molar-refractivity contribution in [2.45, 2.75) is 51.3 Å². The Kier molecular flexibility index (Phi) is 5.69. The molecular formula is C17H24O5. The molecule has 1 aromatic carbocycles. The highest BCUT2D eigenvalue weighted by Gasteiger charge is 2.38. The van der Waals surface area contributed by atoms with Crippen LogP contribution >= 0.6 is 0 Å². The summed E-state index contributed by atoms with van der Waals surface area (Å²) in [5.41, 5.74) is 0.661. The molecule has 1 fully saturated rings. The molecule has 5 nitrogen and oxygen atoms in total. The Labute approximate surface area is 131 Å². The summed E-state index contributed by atoms with van der Waals surface area (Å²) in [5.74, 6) is -1.21. The highest BCUT2D eigenvalue weighted by molar-refractivity contribution is 5.84. The number of benzene rings is 1. The van der Waals surface area contributed by atoms with E-state index in [1.54, 1.807) is 19.1 Å². The lowest BCUT2D eigenvalue weighted by Crippen LogP contribution is -2.45. The molecule has 1 N–H and O–H groups in total. The van der Waals surface area contributed by atoms with Crippen LogP contribution in [0.1, 0.15) is 38.9 Å². The fourth-order valence-corrected chi connectivity index (χ4v) is 2.66. The number of ketones is 1. The molecule has 5 heteroatoms. The van der Waals surface area contributed by atoms with Gasteiger partial charge >= 0.3 is 0 Å². The summed E-state index contributed by atoms with van der Waals surface area (Å²) in [6.07, 6.45) is -1.91. The lowest BCUT2D eigenvalue weighted by Gasteiger charge is -2.35. The van der Waals surface area contributed by atoms with Gasteiger partial charge in [-0.1, -0.05) is 30.3 Å². The normalized spacial score (nSPS) is 28.2. The van der Waals surface area contributed by atoms with E-state index in [0.29, 0.717) is 12.2 Å². The molecule has 0 spiro atoms. The molecule has 1 heterocycles. The molecule has 1 saturated heterocycles. The quantitative estimate of drug-likeness (QED) is 0.924. The first-order chi connectivity index (χ1) is 10.4. The Morgan fingerprint density at radius 3 is 2.59 bits per heavy atom. The Bertz CT molecular complexity index is 487. The summed E-state index contributed by atoms with van der Waals surface area (Å²) in [6, 6.07) is 9.06. The average Bonchev–Trinajstić information content (AvgIpc) is 2.45. The van der Waals surface area contributed by atoms with Gasteiger partial charge in [-0.15, -0.1) is 0 Å². The van der Waals surface area contributed by atoms with Crippen molar-refractivity contribution in [3.8, 4) is 0 Å². The van der Waals surface area contributed by atoms with Crippen LogP contribution in [0.25, 0.3) is 0 Å². The van der Waals surface area contributed by atoms with Gasteiger partial charge in [0.1, 0.15) is 12.2 Å². The van der Waals surface area contributed by atoms with Gasteiger partial charge in [0.05, 0.1) is 25.7 Å². The van der Waals surface area contributed by atoms with Crippen molar-refractivity contribution in [3.63, 3.8) is 0 Å². The third kappa shape index (κ3) is 4.36. The molecule has 2 rings (SSSR count). The predicted molar refractivity (Wildman–Crippen MR) is 81.3 cm³/mol. The van der Waals surface area contributed by atoms with E-state index in [9.17, 15) is 9.90 Å².